The van der Waals surface area contributed by atoms with Crippen LogP contribution in [0.1, 0.15) is 5.56 Å². The summed E-state index contributed by atoms with van der Waals surface area (Å²) < 4.78 is 7.88. The zero-order valence-corrected chi connectivity index (χ0v) is 13.1. The Hall–Kier alpha value is -2.79. The van der Waals surface area contributed by atoms with Crippen LogP contribution in [-0.4, -0.2) is 33.5 Å². The zero-order valence-electron chi connectivity index (χ0n) is 13.1. The van der Waals surface area contributed by atoms with Crippen LogP contribution in [0.3, 0.4) is 0 Å². The molecule has 1 heterocycles. The van der Waals surface area contributed by atoms with Gasteiger partial charge in [-0.3, -0.25) is 0 Å². The summed E-state index contributed by atoms with van der Waals surface area (Å²) >= 11 is 0. The highest BCUT2D eigenvalue weighted by molar-refractivity contribution is 5.79. The number of fused-ring (bicyclic) bond motifs is 1. The Kier molecular flexibility index (Phi) is 4.82. The molecule has 0 spiro atoms. The van der Waals surface area contributed by atoms with Gasteiger partial charge in [0.25, 0.3) is 0 Å². The number of ether oxygens (including phenoxy) is 1. The first-order chi connectivity index (χ1) is 11.6. The van der Waals surface area contributed by atoms with Crippen molar-refractivity contribution in [2.24, 2.45) is 0 Å². The fourth-order valence-corrected chi connectivity index (χ4v) is 2.63. The number of rotatable bonds is 7. The highest BCUT2D eigenvalue weighted by Gasteiger charge is 2.13. The Balaban J connectivity index is 1.54. The van der Waals surface area contributed by atoms with Crippen LogP contribution in [0.4, 0.5) is 0 Å². The molecule has 0 fully saturated rings. The maximum Gasteiger partial charge on any atom is 0.332 e. The second-order valence-electron chi connectivity index (χ2n) is 5.62. The van der Waals surface area contributed by atoms with Gasteiger partial charge >= 0.3 is 5.97 Å². The van der Waals surface area contributed by atoms with Gasteiger partial charge in [-0.2, -0.15) is 0 Å². The van der Waals surface area contributed by atoms with E-state index in [1.54, 1.807) is 24.3 Å². The number of nitrogens with zero attached hydrogens (tertiary/aromatic N) is 1. The van der Waals surface area contributed by atoms with Gasteiger partial charge in [0.15, 0.2) is 6.10 Å². The van der Waals surface area contributed by atoms with Gasteiger partial charge in [0, 0.05) is 18.1 Å². The maximum absolute atomic E-state index is 10.6. The predicted octanol–water partition coefficient (Wildman–Crippen LogP) is 2.71. The van der Waals surface area contributed by atoms with Gasteiger partial charge in [-0.05, 0) is 35.2 Å². The predicted molar refractivity (Wildman–Crippen MR) is 91.2 cm³/mol. The Labute approximate surface area is 139 Å². The van der Waals surface area contributed by atoms with E-state index in [0.717, 1.165) is 17.9 Å². The lowest BCUT2D eigenvalue weighted by Crippen LogP contribution is -2.21. The van der Waals surface area contributed by atoms with Crippen LogP contribution in [0.2, 0.25) is 0 Å². The number of hydrogen-bond acceptors (Lipinski definition) is 3. The summed E-state index contributed by atoms with van der Waals surface area (Å²) in [4.78, 5) is 10.6. The van der Waals surface area contributed by atoms with E-state index in [4.69, 9.17) is 9.84 Å². The van der Waals surface area contributed by atoms with Crippen LogP contribution >= 0.6 is 0 Å². The molecule has 1 aromatic heterocycles. The van der Waals surface area contributed by atoms with Gasteiger partial charge in [0.05, 0.1) is 6.54 Å². The number of aliphatic hydroxyl groups is 1. The molecule has 0 saturated carbocycles. The summed E-state index contributed by atoms with van der Waals surface area (Å²) in [6.07, 6.45) is 0.758. The third kappa shape index (κ3) is 3.75. The lowest BCUT2D eigenvalue weighted by molar-refractivity contribution is -0.146. The van der Waals surface area contributed by atoms with Crippen molar-refractivity contribution in [3.8, 4) is 5.75 Å². The molecule has 0 aliphatic rings. The fourth-order valence-electron chi connectivity index (χ4n) is 2.63. The Morgan fingerprint density at radius 1 is 1.08 bits per heavy atom. The number of aliphatic carboxylic acids is 1. The highest BCUT2D eigenvalue weighted by Crippen LogP contribution is 2.16. The van der Waals surface area contributed by atoms with Gasteiger partial charge in [0.2, 0.25) is 0 Å². The van der Waals surface area contributed by atoms with Crippen molar-refractivity contribution in [1.82, 2.24) is 4.57 Å². The molecule has 0 aliphatic heterocycles. The number of carbonyl (C=O) groups is 1. The summed E-state index contributed by atoms with van der Waals surface area (Å²) in [7, 11) is 0. The summed E-state index contributed by atoms with van der Waals surface area (Å²) in [6.45, 7) is 1.28. The topological polar surface area (TPSA) is 71.7 Å². The van der Waals surface area contributed by atoms with E-state index in [2.05, 4.69) is 22.8 Å². The van der Waals surface area contributed by atoms with Crippen molar-refractivity contribution in [3.05, 3.63) is 66.4 Å². The van der Waals surface area contributed by atoms with Crippen LogP contribution < -0.4 is 4.74 Å². The van der Waals surface area contributed by atoms with Crippen LogP contribution in [0.15, 0.2) is 60.8 Å². The molecule has 2 N–H and O–H groups in total. The normalized spacial score (nSPS) is 12.2. The number of carboxylic acid groups (broad SMARTS) is 1. The van der Waals surface area contributed by atoms with E-state index in [0.29, 0.717) is 6.61 Å². The zero-order chi connectivity index (χ0) is 16.9. The minimum absolute atomic E-state index is 0.0883. The monoisotopic (exact) mass is 325 g/mol. The standard InChI is InChI=1S/C19H19NO4/c21-18(19(22)23)13-14-5-7-16(8-6-14)24-12-11-20-10-9-15-3-1-2-4-17(15)20/h1-10,18,21H,11-13H2,(H,22,23). The van der Waals surface area contributed by atoms with E-state index in [-0.39, 0.29) is 6.42 Å². The first-order valence-corrected chi connectivity index (χ1v) is 7.80. The summed E-state index contributed by atoms with van der Waals surface area (Å²) in [5.74, 6) is -0.491. The average molecular weight is 325 g/mol. The van der Waals surface area contributed by atoms with Crippen molar-refractivity contribution >= 4 is 16.9 Å². The lowest BCUT2D eigenvalue weighted by Gasteiger charge is -2.10. The number of aromatic nitrogens is 1. The highest BCUT2D eigenvalue weighted by atomic mass is 16.5. The number of para-hydroxylation sites is 1. The van der Waals surface area contributed by atoms with E-state index >= 15 is 0 Å². The summed E-state index contributed by atoms with van der Waals surface area (Å²) in [5.41, 5.74) is 1.94. The van der Waals surface area contributed by atoms with E-state index < -0.39 is 12.1 Å². The van der Waals surface area contributed by atoms with Crippen molar-refractivity contribution in [3.63, 3.8) is 0 Å². The largest absolute Gasteiger partial charge is 0.492 e. The minimum Gasteiger partial charge on any atom is -0.492 e. The molecular weight excluding hydrogens is 306 g/mol. The van der Waals surface area contributed by atoms with E-state index in [9.17, 15) is 9.90 Å². The molecule has 1 unspecified atom stereocenters. The van der Waals surface area contributed by atoms with Gasteiger partial charge in [0.1, 0.15) is 12.4 Å². The maximum atomic E-state index is 10.6. The Bertz CT molecular complexity index is 823. The second kappa shape index (κ2) is 7.19. The van der Waals surface area contributed by atoms with Crippen LogP contribution in [0.5, 0.6) is 5.75 Å². The molecule has 5 heteroatoms. The molecule has 2 aromatic carbocycles. The van der Waals surface area contributed by atoms with E-state index in [1.807, 2.05) is 18.3 Å². The lowest BCUT2D eigenvalue weighted by atomic mass is 10.1. The molecule has 0 bridgehead atoms. The number of aliphatic hydroxyl groups excluding tert-OH is 1. The van der Waals surface area contributed by atoms with Gasteiger partial charge in [-0.25, -0.2) is 4.79 Å². The number of hydrogen-bond donors (Lipinski definition) is 2. The first kappa shape index (κ1) is 16.1. The quantitative estimate of drug-likeness (QED) is 0.700. The SMILES string of the molecule is O=C(O)C(O)Cc1ccc(OCCn2ccc3ccccc32)cc1. The molecule has 3 rings (SSSR count). The Morgan fingerprint density at radius 3 is 2.58 bits per heavy atom. The molecule has 24 heavy (non-hydrogen) atoms. The second-order valence-corrected chi connectivity index (χ2v) is 5.62. The fraction of sp³-hybridized carbons (Fsp3) is 0.211. The molecule has 0 aliphatic carbocycles. The summed E-state index contributed by atoms with van der Waals surface area (Å²) in [5, 5.41) is 19.3. The van der Waals surface area contributed by atoms with Gasteiger partial charge < -0.3 is 19.5 Å². The molecule has 124 valence electrons. The van der Waals surface area contributed by atoms with Gasteiger partial charge in [-0.1, -0.05) is 30.3 Å². The molecule has 0 saturated heterocycles. The third-order valence-corrected chi connectivity index (χ3v) is 3.92. The average Bonchev–Trinajstić information content (AvgIpc) is 3.00. The number of benzene rings is 2. The molecule has 1 atom stereocenters. The van der Waals surface area contributed by atoms with Crippen molar-refractivity contribution < 1.29 is 19.7 Å². The van der Waals surface area contributed by atoms with Crippen molar-refractivity contribution in [2.75, 3.05) is 6.61 Å². The molecule has 0 radical (unpaired) electrons. The molecular formula is C19H19NO4. The van der Waals surface area contributed by atoms with Crippen LogP contribution in [-0.2, 0) is 17.8 Å². The molecule has 5 nitrogen and oxygen atoms in total. The number of carboxylic acids is 1. The molecule has 0 amide bonds. The van der Waals surface area contributed by atoms with Crippen LogP contribution in [0.25, 0.3) is 10.9 Å². The van der Waals surface area contributed by atoms with E-state index in [1.165, 1.54) is 10.9 Å². The van der Waals surface area contributed by atoms with Crippen LogP contribution in [0, 0.1) is 0 Å². The van der Waals surface area contributed by atoms with Crippen molar-refractivity contribution in [1.29, 1.82) is 0 Å². The van der Waals surface area contributed by atoms with Gasteiger partial charge in [-0.15, -0.1) is 0 Å². The smallest absolute Gasteiger partial charge is 0.332 e. The minimum atomic E-state index is -1.38. The summed E-state index contributed by atoms with van der Waals surface area (Å²) in [6, 6.07) is 17.4. The third-order valence-electron chi connectivity index (χ3n) is 3.92. The van der Waals surface area contributed by atoms with Crippen molar-refractivity contribution in [2.45, 2.75) is 19.1 Å². The Morgan fingerprint density at radius 2 is 1.83 bits per heavy atom. The molecule has 3 aromatic rings. The first-order valence-electron chi connectivity index (χ1n) is 7.80.